The minimum atomic E-state index is -1.20. The van der Waals surface area contributed by atoms with Gasteiger partial charge in [0.25, 0.3) is 5.91 Å². The molecular weight excluding hydrogens is 241 g/mol. The highest BCUT2D eigenvalue weighted by atomic mass is 19.1. The van der Waals surface area contributed by atoms with Gasteiger partial charge in [0, 0.05) is 0 Å². The van der Waals surface area contributed by atoms with Crippen LogP contribution in [0.4, 0.5) is 4.39 Å². The average molecular weight is 253 g/mol. The van der Waals surface area contributed by atoms with Crippen molar-refractivity contribution in [2.75, 3.05) is 7.11 Å². The highest BCUT2D eigenvalue weighted by Gasteiger charge is 2.51. The van der Waals surface area contributed by atoms with E-state index in [-0.39, 0.29) is 11.3 Å². The Morgan fingerprint density at radius 2 is 2.11 bits per heavy atom. The Kier molecular flexibility index (Phi) is 2.94. The summed E-state index contributed by atoms with van der Waals surface area (Å²) in [6.45, 7) is 0. The number of ether oxygens (including phenoxy) is 1. The summed E-state index contributed by atoms with van der Waals surface area (Å²) in [6.07, 6.45) is 0.761. The third-order valence-electron chi connectivity index (χ3n) is 2.92. The first kappa shape index (κ1) is 12.3. The summed E-state index contributed by atoms with van der Waals surface area (Å²) in [6, 6.07) is 3.51. The number of hydrogen-bond donors (Lipinski definition) is 2. The second-order valence-electron chi connectivity index (χ2n) is 4.19. The van der Waals surface area contributed by atoms with Crippen molar-refractivity contribution in [1.29, 1.82) is 0 Å². The van der Waals surface area contributed by atoms with Crippen LogP contribution in [0, 0.1) is 5.82 Å². The first-order valence-electron chi connectivity index (χ1n) is 5.38. The molecule has 0 saturated heterocycles. The molecule has 0 radical (unpaired) electrons. The van der Waals surface area contributed by atoms with Crippen LogP contribution in [-0.4, -0.2) is 29.6 Å². The number of amides is 1. The molecule has 6 heteroatoms. The summed E-state index contributed by atoms with van der Waals surface area (Å²) in [5, 5.41) is 11.4. The van der Waals surface area contributed by atoms with E-state index in [4.69, 9.17) is 9.84 Å². The van der Waals surface area contributed by atoms with Crippen LogP contribution < -0.4 is 10.1 Å². The number of methoxy groups -OCH3 is 1. The van der Waals surface area contributed by atoms with E-state index in [1.54, 1.807) is 0 Å². The van der Waals surface area contributed by atoms with E-state index < -0.39 is 23.2 Å². The van der Waals surface area contributed by atoms with Crippen molar-refractivity contribution in [3.8, 4) is 5.75 Å². The number of hydrogen-bond acceptors (Lipinski definition) is 3. The Hall–Kier alpha value is -2.11. The van der Waals surface area contributed by atoms with Crippen LogP contribution in [0.5, 0.6) is 5.75 Å². The Morgan fingerprint density at radius 1 is 1.44 bits per heavy atom. The fourth-order valence-corrected chi connectivity index (χ4v) is 1.66. The molecule has 2 N–H and O–H groups in total. The zero-order chi connectivity index (χ0) is 13.3. The highest BCUT2D eigenvalue weighted by Crippen LogP contribution is 2.36. The minimum Gasteiger partial charge on any atom is -0.496 e. The van der Waals surface area contributed by atoms with E-state index >= 15 is 0 Å². The minimum absolute atomic E-state index is 0.00924. The molecule has 0 atom stereocenters. The summed E-state index contributed by atoms with van der Waals surface area (Å²) >= 11 is 0. The molecule has 1 aliphatic rings. The number of rotatable bonds is 4. The number of carbonyl (C=O) groups is 2. The van der Waals surface area contributed by atoms with Gasteiger partial charge in [0.15, 0.2) is 0 Å². The monoisotopic (exact) mass is 253 g/mol. The lowest BCUT2D eigenvalue weighted by Gasteiger charge is -2.14. The maximum atomic E-state index is 13.1. The molecular formula is C12H12FNO4. The molecule has 0 heterocycles. The van der Waals surface area contributed by atoms with Crippen LogP contribution in [0.25, 0.3) is 0 Å². The van der Waals surface area contributed by atoms with Crippen LogP contribution in [0.1, 0.15) is 23.2 Å². The molecule has 0 bridgehead atoms. The van der Waals surface area contributed by atoms with Gasteiger partial charge in [0.2, 0.25) is 0 Å². The van der Waals surface area contributed by atoms with Crippen LogP contribution in [-0.2, 0) is 4.79 Å². The number of carbonyl (C=O) groups excluding carboxylic acids is 1. The molecule has 1 aliphatic carbocycles. The van der Waals surface area contributed by atoms with E-state index in [9.17, 15) is 14.0 Å². The van der Waals surface area contributed by atoms with E-state index in [0.717, 1.165) is 6.07 Å². The molecule has 0 aliphatic heterocycles. The van der Waals surface area contributed by atoms with Crippen molar-refractivity contribution < 1.29 is 23.8 Å². The Labute approximate surface area is 103 Å². The number of nitrogens with one attached hydrogen (secondary N) is 1. The summed E-state index contributed by atoms with van der Waals surface area (Å²) in [7, 11) is 1.36. The number of halogens is 1. The molecule has 1 saturated carbocycles. The van der Waals surface area contributed by atoms with E-state index in [0.29, 0.717) is 12.8 Å². The molecule has 1 fully saturated rings. The normalized spacial score (nSPS) is 15.9. The van der Waals surface area contributed by atoms with Gasteiger partial charge >= 0.3 is 5.97 Å². The summed E-state index contributed by atoms with van der Waals surface area (Å²) in [5.41, 5.74) is -1.21. The fourth-order valence-electron chi connectivity index (χ4n) is 1.66. The van der Waals surface area contributed by atoms with Crippen molar-refractivity contribution >= 4 is 11.9 Å². The molecule has 18 heavy (non-hydrogen) atoms. The maximum absolute atomic E-state index is 13.1. The van der Waals surface area contributed by atoms with Crippen LogP contribution in [0.3, 0.4) is 0 Å². The molecule has 0 unspecified atom stereocenters. The predicted octanol–water partition coefficient (Wildman–Crippen LogP) is 1.18. The second-order valence-corrected chi connectivity index (χ2v) is 4.19. The van der Waals surface area contributed by atoms with Gasteiger partial charge in [-0.2, -0.15) is 0 Å². The maximum Gasteiger partial charge on any atom is 0.329 e. The van der Waals surface area contributed by atoms with Gasteiger partial charge < -0.3 is 15.2 Å². The summed E-state index contributed by atoms with van der Waals surface area (Å²) in [4.78, 5) is 22.9. The smallest absolute Gasteiger partial charge is 0.329 e. The molecule has 1 aromatic rings. The molecule has 1 aromatic carbocycles. The van der Waals surface area contributed by atoms with Crippen molar-refractivity contribution in [2.24, 2.45) is 0 Å². The standard InChI is InChI=1S/C12H12FNO4/c1-18-9-3-2-7(13)6-8(9)10(15)14-12(4-5-12)11(16)17/h2-3,6H,4-5H2,1H3,(H,14,15)(H,16,17). The lowest BCUT2D eigenvalue weighted by molar-refractivity contribution is -0.140. The van der Waals surface area contributed by atoms with Crippen LogP contribution in [0.15, 0.2) is 18.2 Å². The largest absolute Gasteiger partial charge is 0.496 e. The van der Waals surface area contributed by atoms with Gasteiger partial charge in [-0.25, -0.2) is 9.18 Å². The summed E-state index contributed by atoms with van der Waals surface area (Å²) in [5.74, 6) is -2.10. The second kappa shape index (κ2) is 4.29. The van der Waals surface area contributed by atoms with Crippen molar-refractivity contribution in [1.82, 2.24) is 5.32 Å². The van der Waals surface area contributed by atoms with Gasteiger partial charge in [0.05, 0.1) is 12.7 Å². The highest BCUT2D eigenvalue weighted by molar-refractivity contribution is 6.00. The lowest BCUT2D eigenvalue weighted by Crippen LogP contribution is -2.43. The van der Waals surface area contributed by atoms with Gasteiger partial charge in [0.1, 0.15) is 17.1 Å². The predicted molar refractivity (Wildman–Crippen MR) is 60.0 cm³/mol. The summed E-state index contributed by atoms with van der Waals surface area (Å²) < 4.78 is 18.0. The third-order valence-corrected chi connectivity index (χ3v) is 2.92. The zero-order valence-electron chi connectivity index (χ0n) is 9.70. The van der Waals surface area contributed by atoms with E-state index in [1.165, 1.54) is 19.2 Å². The Bertz CT molecular complexity index is 511. The van der Waals surface area contributed by atoms with Gasteiger partial charge in [-0.15, -0.1) is 0 Å². The number of carboxylic acid groups (broad SMARTS) is 1. The van der Waals surface area contributed by atoms with Crippen molar-refractivity contribution in [2.45, 2.75) is 18.4 Å². The van der Waals surface area contributed by atoms with Crippen molar-refractivity contribution in [3.05, 3.63) is 29.6 Å². The molecule has 5 nitrogen and oxygen atoms in total. The van der Waals surface area contributed by atoms with Gasteiger partial charge in [-0.1, -0.05) is 0 Å². The van der Waals surface area contributed by atoms with E-state index in [1.807, 2.05) is 0 Å². The third kappa shape index (κ3) is 2.13. The van der Waals surface area contributed by atoms with Gasteiger partial charge in [-0.05, 0) is 31.0 Å². The van der Waals surface area contributed by atoms with E-state index in [2.05, 4.69) is 5.32 Å². The molecule has 96 valence electrons. The van der Waals surface area contributed by atoms with Crippen molar-refractivity contribution in [3.63, 3.8) is 0 Å². The molecule has 2 rings (SSSR count). The zero-order valence-corrected chi connectivity index (χ0v) is 9.70. The molecule has 1 amide bonds. The van der Waals surface area contributed by atoms with Gasteiger partial charge in [-0.3, -0.25) is 4.79 Å². The number of aliphatic carboxylic acids is 1. The average Bonchev–Trinajstić information content (AvgIpc) is 3.10. The first-order valence-corrected chi connectivity index (χ1v) is 5.38. The Balaban J connectivity index is 2.24. The Morgan fingerprint density at radius 3 is 2.61 bits per heavy atom. The first-order chi connectivity index (χ1) is 8.48. The quantitative estimate of drug-likeness (QED) is 0.844. The molecule has 0 aromatic heterocycles. The van der Waals surface area contributed by atoms with Crippen LogP contribution in [0.2, 0.25) is 0 Å². The SMILES string of the molecule is COc1ccc(F)cc1C(=O)NC1(C(=O)O)CC1. The number of benzene rings is 1. The topological polar surface area (TPSA) is 75.6 Å². The van der Waals surface area contributed by atoms with Crippen LogP contribution >= 0.6 is 0 Å². The molecule has 0 spiro atoms. The number of carboxylic acids is 1. The lowest BCUT2D eigenvalue weighted by atomic mass is 10.1. The fraction of sp³-hybridized carbons (Fsp3) is 0.333.